The summed E-state index contributed by atoms with van der Waals surface area (Å²) in [7, 11) is 0. The molecule has 0 spiro atoms. The van der Waals surface area contributed by atoms with Gasteiger partial charge in [0.15, 0.2) is 0 Å². The van der Waals surface area contributed by atoms with Crippen LogP contribution < -0.4 is 0 Å². The molecule has 29 heavy (non-hydrogen) atoms. The summed E-state index contributed by atoms with van der Waals surface area (Å²) in [6.07, 6.45) is 2.49. The maximum Gasteiger partial charge on any atom is 0.243 e. The van der Waals surface area contributed by atoms with Gasteiger partial charge in [0, 0.05) is 30.0 Å². The molecule has 2 heterocycles. The number of carbonyl (C=O) groups is 2. The van der Waals surface area contributed by atoms with Crippen molar-refractivity contribution >= 4 is 29.1 Å². The Kier molecular flexibility index (Phi) is 5.67. The highest BCUT2D eigenvalue weighted by Crippen LogP contribution is 2.25. The molecule has 2 aliphatic heterocycles. The number of carbonyl (C=O) groups excluding carboxylic acids is 2. The lowest BCUT2D eigenvalue weighted by molar-refractivity contribution is -0.133. The number of amides is 2. The summed E-state index contributed by atoms with van der Waals surface area (Å²) in [4.78, 5) is 27.1. The zero-order chi connectivity index (χ0) is 20.4. The van der Waals surface area contributed by atoms with Gasteiger partial charge in [-0.05, 0) is 43.0 Å². The van der Waals surface area contributed by atoms with E-state index in [0.29, 0.717) is 37.4 Å². The van der Waals surface area contributed by atoms with E-state index in [0.717, 1.165) is 17.7 Å². The van der Waals surface area contributed by atoms with Crippen LogP contribution in [0.5, 0.6) is 0 Å². The van der Waals surface area contributed by atoms with Gasteiger partial charge in [-0.15, -0.1) is 0 Å². The van der Waals surface area contributed by atoms with Crippen molar-refractivity contribution < 1.29 is 9.59 Å². The van der Waals surface area contributed by atoms with Gasteiger partial charge in [-0.25, -0.2) is 5.01 Å². The fourth-order valence-corrected chi connectivity index (χ4v) is 4.15. The predicted octanol–water partition coefficient (Wildman–Crippen LogP) is 3.82. The lowest BCUT2D eigenvalue weighted by Crippen LogP contribution is -2.44. The van der Waals surface area contributed by atoms with Crippen molar-refractivity contribution in [3.8, 4) is 0 Å². The van der Waals surface area contributed by atoms with Gasteiger partial charge >= 0.3 is 0 Å². The molecule has 1 unspecified atom stereocenters. The van der Waals surface area contributed by atoms with Crippen LogP contribution in [0.15, 0.2) is 53.6 Å². The number of nitrogens with zero attached hydrogens (tertiary/aromatic N) is 3. The number of halogens is 1. The van der Waals surface area contributed by atoms with E-state index >= 15 is 0 Å². The Labute approximate surface area is 176 Å². The Balaban J connectivity index is 1.54. The third kappa shape index (κ3) is 4.20. The van der Waals surface area contributed by atoms with Crippen LogP contribution in [-0.4, -0.2) is 46.6 Å². The smallest absolute Gasteiger partial charge is 0.243 e. The van der Waals surface area contributed by atoms with E-state index in [2.05, 4.69) is 24.2 Å². The molecule has 5 nitrogen and oxygen atoms in total. The Bertz CT molecular complexity index is 955. The number of hydrogen-bond donors (Lipinski definition) is 0. The van der Waals surface area contributed by atoms with Crippen LogP contribution in [0.3, 0.4) is 0 Å². The van der Waals surface area contributed by atoms with Gasteiger partial charge in [0.1, 0.15) is 0 Å². The van der Waals surface area contributed by atoms with E-state index in [-0.39, 0.29) is 17.9 Å². The largest absolute Gasteiger partial charge is 0.332 e. The lowest BCUT2D eigenvalue weighted by Gasteiger charge is -2.25. The van der Waals surface area contributed by atoms with Crippen molar-refractivity contribution in [2.45, 2.75) is 38.6 Å². The van der Waals surface area contributed by atoms with Crippen molar-refractivity contribution in [2.75, 3.05) is 13.1 Å². The molecule has 0 saturated carbocycles. The van der Waals surface area contributed by atoms with Crippen LogP contribution in [0, 0.1) is 6.92 Å². The van der Waals surface area contributed by atoms with Crippen LogP contribution >= 0.6 is 11.6 Å². The summed E-state index contributed by atoms with van der Waals surface area (Å²) in [6, 6.07) is 15.3. The quantitative estimate of drug-likeness (QED) is 0.753. The molecule has 6 heteroatoms. The summed E-state index contributed by atoms with van der Waals surface area (Å²) in [5, 5.41) is 6.83. The average Bonchev–Trinajstić information content (AvgIpc) is 3.34. The summed E-state index contributed by atoms with van der Waals surface area (Å²) in [5.41, 5.74) is 4.02. The molecule has 0 N–H and O–H groups in total. The molecule has 2 aliphatic rings. The first kappa shape index (κ1) is 19.6. The van der Waals surface area contributed by atoms with Gasteiger partial charge in [-0.1, -0.05) is 48.0 Å². The topological polar surface area (TPSA) is 53.0 Å². The molecule has 2 aromatic rings. The fourth-order valence-electron chi connectivity index (χ4n) is 4.02. The van der Waals surface area contributed by atoms with E-state index < -0.39 is 0 Å². The highest BCUT2D eigenvalue weighted by molar-refractivity contribution is 6.30. The van der Waals surface area contributed by atoms with E-state index in [1.165, 1.54) is 11.1 Å². The van der Waals surface area contributed by atoms with Crippen LogP contribution in [0.25, 0.3) is 0 Å². The second-order valence-electron chi connectivity index (χ2n) is 7.60. The Morgan fingerprint density at radius 3 is 2.62 bits per heavy atom. The number of hydrogen-bond acceptors (Lipinski definition) is 3. The monoisotopic (exact) mass is 409 g/mol. The average molecular weight is 410 g/mol. The zero-order valence-electron chi connectivity index (χ0n) is 16.5. The highest BCUT2D eigenvalue weighted by atomic mass is 35.5. The Morgan fingerprint density at radius 1 is 1.17 bits per heavy atom. The number of aryl methyl sites for hydroxylation is 2. The lowest BCUT2D eigenvalue weighted by atomic mass is 10.0. The van der Waals surface area contributed by atoms with Gasteiger partial charge in [0.25, 0.3) is 0 Å². The first-order chi connectivity index (χ1) is 14.0. The molecular weight excluding hydrogens is 386 g/mol. The second kappa shape index (κ2) is 8.37. The van der Waals surface area contributed by atoms with Gasteiger partial charge in [0.2, 0.25) is 11.8 Å². The number of benzene rings is 2. The van der Waals surface area contributed by atoms with Crippen molar-refractivity contribution in [3.63, 3.8) is 0 Å². The van der Waals surface area contributed by atoms with Crippen molar-refractivity contribution in [1.82, 2.24) is 9.91 Å². The summed E-state index contributed by atoms with van der Waals surface area (Å²) in [6.45, 7) is 3.18. The minimum Gasteiger partial charge on any atom is -0.332 e. The third-order valence-electron chi connectivity index (χ3n) is 5.67. The molecule has 0 radical (unpaired) electrons. The third-order valence-corrected chi connectivity index (χ3v) is 5.93. The van der Waals surface area contributed by atoms with E-state index in [1.807, 2.05) is 41.3 Å². The van der Waals surface area contributed by atoms with Crippen molar-refractivity contribution in [3.05, 3.63) is 70.2 Å². The maximum atomic E-state index is 12.9. The van der Waals surface area contributed by atoms with Crippen molar-refractivity contribution in [1.29, 1.82) is 0 Å². The minimum atomic E-state index is -0.200. The molecule has 0 aliphatic carbocycles. The van der Waals surface area contributed by atoms with Gasteiger partial charge in [-0.3, -0.25) is 9.59 Å². The second-order valence-corrected chi connectivity index (χ2v) is 8.04. The maximum absolute atomic E-state index is 12.9. The van der Waals surface area contributed by atoms with E-state index in [4.69, 9.17) is 11.6 Å². The van der Waals surface area contributed by atoms with Crippen LogP contribution in [0.1, 0.15) is 36.0 Å². The number of hydrazone groups is 1. The summed E-state index contributed by atoms with van der Waals surface area (Å²) in [5.74, 6) is 0.111. The van der Waals surface area contributed by atoms with Gasteiger partial charge < -0.3 is 4.90 Å². The molecule has 1 saturated heterocycles. The SMILES string of the molecule is Cc1ccccc1CCC(=O)N1CC(N2CCCC2=O)C(c2ccc(Cl)cc2)=N1. The van der Waals surface area contributed by atoms with Crippen LogP contribution in [-0.2, 0) is 16.0 Å². The molecule has 2 aromatic carbocycles. The first-order valence-electron chi connectivity index (χ1n) is 10.0. The number of rotatable bonds is 5. The predicted molar refractivity (Wildman–Crippen MR) is 114 cm³/mol. The van der Waals surface area contributed by atoms with E-state index in [9.17, 15) is 9.59 Å². The standard InChI is InChI=1S/C23H24ClN3O2/c1-16-5-2-3-6-17(16)10-13-22(29)27-15-20(26-14-4-7-21(26)28)23(25-27)18-8-11-19(24)12-9-18/h2-3,5-6,8-9,11-12,20H,4,7,10,13-15H2,1H3. The van der Waals surface area contributed by atoms with Gasteiger partial charge in [-0.2, -0.15) is 5.10 Å². The molecule has 1 atom stereocenters. The molecule has 0 bridgehead atoms. The normalized spacial score (nSPS) is 19.0. The summed E-state index contributed by atoms with van der Waals surface area (Å²) >= 11 is 6.03. The molecule has 1 fully saturated rings. The van der Waals surface area contributed by atoms with Crippen LogP contribution in [0.2, 0.25) is 5.02 Å². The van der Waals surface area contributed by atoms with E-state index in [1.54, 1.807) is 5.01 Å². The molecule has 2 amide bonds. The number of likely N-dealkylation sites (tertiary alicyclic amines) is 1. The Hall–Kier alpha value is -2.66. The molecule has 150 valence electrons. The molecule has 4 rings (SSSR count). The highest BCUT2D eigenvalue weighted by Gasteiger charge is 2.38. The summed E-state index contributed by atoms with van der Waals surface area (Å²) < 4.78 is 0. The molecular formula is C23H24ClN3O2. The van der Waals surface area contributed by atoms with Gasteiger partial charge in [0.05, 0.1) is 18.3 Å². The van der Waals surface area contributed by atoms with Crippen LogP contribution in [0.4, 0.5) is 0 Å². The molecule has 0 aromatic heterocycles. The Morgan fingerprint density at radius 2 is 1.93 bits per heavy atom. The first-order valence-corrected chi connectivity index (χ1v) is 10.4. The zero-order valence-corrected chi connectivity index (χ0v) is 17.2. The fraction of sp³-hybridized carbons (Fsp3) is 0.348. The van der Waals surface area contributed by atoms with Crippen molar-refractivity contribution in [2.24, 2.45) is 5.10 Å². The minimum absolute atomic E-state index is 0.0196.